The first kappa shape index (κ1) is 19.4. The van der Waals surface area contributed by atoms with E-state index in [2.05, 4.69) is 10.3 Å². The topological polar surface area (TPSA) is 83.9 Å². The van der Waals surface area contributed by atoms with Crippen LogP contribution in [0.5, 0.6) is 5.75 Å². The molecule has 4 rings (SSSR count). The summed E-state index contributed by atoms with van der Waals surface area (Å²) in [5, 5.41) is 13.0. The molecular weight excluding hydrogens is 385 g/mol. The molecular formula is C19H24FN3O4S. The van der Waals surface area contributed by atoms with E-state index in [1.807, 2.05) is 0 Å². The minimum absolute atomic E-state index is 0.0638. The largest absolute Gasteiger partial charge is 0.485 e. The molecule has 0 spiro atoms. The third-order valence-electron chi connectivity index (χ3n) is 5.18. The van der Waals surface area contributed by atoms with Crippen molar-refractivity contribution in [3.05, 3.63) is 23.5 Å². The van der Waals surface area contributed by atoms with Gasteiger partial charge in [-0.05, 0) is 26.7 Å². The van der Waals surface area contributed by atoms with E-state index in [0.717, 1.165) is 11.1 Å². The van der Waals surface area contributed by atoms with E-state index in [9.17, 15) is 14.3 Å². The first-order valence-corrected chi connectivity index (χ1v) is 10.3. The molecule has 9 heteroatoms. The van der Waals surface area contributed by atoms with Crippen LogP contribution in [0.3, 0.4) is 0 Å². The molecule has 1 aromatic carbocycles. The summed E-state index contributed by atoms with van der Waals surface area (Å²) in [7, 11) is 0. The van der Waals surface area contributed by atoms with Crippen LogP contribution in [0, 0.1) is 5.82 Å². The van der Waals surface area contributed by atoms with E-state index in [4.69, 9.17) is 9.47 Å². The lowest BCUT2D eigenvalue weighted by molar-refractivity contribution is -0.114. The van der Waals surface area contributed by atoms with Crippen LogP contribution in [-0.4, -0.2) is 64.6 Å². The van der Waals surface area contributed by atoms with Gasteiger partial charge in [0, 0.05) is 12.1 Å². The summed E-state index contributed by atoms with van der Waals surface area (Å²) < 4.78 is 26.1. The number of thiazole rings is 1. The number of halogens is 1. The van der Waals surface area contributed by atoms with Crippen molar-refractivity contribution in [1.29, 1.82) is 0 Å². The number of rotatable bonds is 4. The Balaban J connectivity index is 1.25. The van der Waals surface area contributed by atoms with Gasteiger partial charge in [-0.15, -0.1) is 11.3 Å². The number of carbonyl (C=O) groups is 1. The molecule has 2 N–H and O–H groups in total. The predicted molar refractivity (Wildman–Crippen MR) is 103 cm³/mol. The third kappa shape index (κ3) is 4.06. The van der Waals surface area contributed by atoms with Gasteiger partial charge in [0.2, 0.25) is 0 Å². The number of carbonyl (C=O) groups excluding carboxylic acids is 1. The van der Waals surface area contributed by atoms with E-state index in [1.165, 1.54) is 23.5 Å². The van der Waals surface area contributed by atoms with Crippen molar-refractivity contribution in [2.45, 2.75) is 50.5 Å². The van der Waals surface area contributed by atoms with Crippen LogP contribution in [-0.2, 0) is 4.74 Å². The van der Waals surface area contributed by atoms with Gasteiger partial charge in [-0.25, -0.2) is 14.2 Å². The zero-order chi connectivity index (χ0) is 19.9. The molecule has 0 radical (unpaired) electrons. The Bertz CT molecular complexity index is 854. The SMILES string of the molecule is CC(C)(O)[C@@H]1CC[C@@H](NC(=O)N2CC(Oc3cc(F)cc4ncsc34)C2)CO1. The molecule has 7 nitrogen and oxygen atoms in total. The zero-order valence-electron chi connectivity index (χ0n) is 15.9. The molecule has 2 fully saturated rings. The number of hydrogen-bond donors (Lipinski definition) is 2. The molecule has 2 atom stereocenters. The number of urea groups is 1. The molecule has 28 heavy (non-hydrogen) atoms. The lowest BCUT2D eigenvalue weighted by Gasteiger charge is -2.41. The first-order valence-electron chi connectivity index (χ1n) is 9.38. The number of amides is 2. The van der Waals surface area contributed by atoms with Crippen molar-refractivity contribution in [2.24, 2.45) is 0 Å². The standard InChI is InChI=1S/C19H24FN3O4S/c1-19(2,25)16-4-3-12(9-26-16)22-18(24)23-7-13(8-23)27-15-6-11(20)5-14-17(15)28-10-21-14/h5-6,10,12-13,16,25H,3-4,7-9H2,1-2H3,(H,22,24)/t12-,16+/m1/s1. The highest BCUT2D eigenvalue weighted by Crippen LogP contribution is 2.32. The summed E-state index contributed by atoms with van der Waals surface area (Å²) in [6.07, 6.45) is 1.09. The second-order valence-corrected chi connectivity index (χ2v) is 8.80. The summed E-state index contributed by atoms with van der Waals surface area (Å²) in [6.45, 7) is 4.75. The average molecular weight is 409 g/mol. The number of aromatic nitrogens is 1. The van der Waals surface area contributed by atoms with E-state index in [-0.39, 0.29) is 30.1 Å². The molecule has 0 aliphatic carbocycles. The number of benzene rings is 1. The number of aliphatic hydroxyl groups is 1. The summed E-state index contributed by atoms with van der Waals surface area (Å²) >= 11 is 1.40. The molecule has 152 valence electrons. The van der Waals surface area contributed by atoms with Crippen molar-refractivity contribution in [2.75, 3.05) is 19.7 Å². The third-order valence-corrected chi connectivity index (χ3v) is 6.04. The summed E-state index contributed by atoms with van der Waals surface area (Å²) in [5.74, 6) is 0.0879. The predicted octanol–water partition coefficient (Wildman–Crippen LogP) is 2.53. The van der Waals surface area contributed by atoms with E-state index in [0.29, 0.717) is 37.4 Å². The second kappa shape index (κ2) is 7.46. The van der Waals surface area contributed by atoms with E-state index < -0.39 is 5.60 Å². The summed E-state index contributed by atoms with van der Waals surface area (Å²) in [6, 6.07) is 2.53. The lowest BCUT2D eigenvalue weighted by Crippen LogP contribution is -2.61. The maximum absolute atomic E-state index is 13.7. The fourth-order valence-corrected chi connectivity index (χ4v) is 4.27. The van der Waals surface area contributed by atoms with Gasteiger partial charge in [0.05, 0.1) is 53.2 Å². The van der Waals surface area contributed by atoms with Crippen LogP contribution in [0.15, 0.2) is 17.6 Å². The number of fused-ring (bicyclic) bond motifs is 1. The van der Waals surface area contributed by atoms with E-state index in [1.54, 1.807) is 24.3 Å². The molecule has 2 aliphatic heterocycles. The average Bonchev–Trinajstić information content (AvgIpc) is 3.05. The van der Waals surface area contributed by atoms with Gasteiger partial charge < -0.3 is 24.8 Å². The highest BCUT2D eigenvalue weighted by molar-refractivity contribution is 7.17. The Kier molecular flexibility index (Phi) is 5.15. The van der Waals surface area contributed by atoms with Gasteiger partial charge >= 0.3 is 6.03 Å². The van der Waals surface area contributed by atoms with Crippen LogP contribution in [0.4, 0.5) is 9.18 Å². The molecule has 2 aliphatic rings. The molecule has 0 unspecified atom stereocenters. The number of ether oxygens (including phenoxy) is 2. The molecule has 1 aromatic heterocycles. The summed E-state index contributed by atoms with van der Waals surface area (Å²) in [5.41, 5.74) is 1.36. The van der Waals surface area contributed by atoms with Crippen molar-refractivity contribution in [1.82, 2.24) is 15.2 Å². The minimum atomic E-state index is -0.878. The molecule has 3 heterocycles. The van der Waals surface area contributed by atoms with Gasteiger partial charge in [-0.3, -0.25) is 0 Å². The van der Waals surface area contributed by atoms with Gasteiger partial charge in [0.15, 0.2) is 0 Å². The number of nitrogens with zero attached hydrogens (tertiary/aromatic N) is 2. The zero-order valence-corrected chi connectivity index (χ0v) is 16.7. The van der Waals surface area contributed by atoms with Crippen molar-refractivity contribution in [3.63, 3.8) is 0 Å². The first-order chi connectivity index (χ1) is 13.3. The molecule has 2 aromatic rings. The molecule has 0 saturated carbocycles. The highest BCUT2D eigenvalue weighted by atomic mass is 32.1. The van der Waals surface area contributed by atoms with Crippen LogP contribution >= 0.6 is 11.3 Å². The van der Waals surface area contributed by atoms with Crippen molar-refractivity contribution >= 4 is 27.6 Å². The van der Waals surface area contributed by atoms with Crippen LogP contribution < -0.4 is 10.1 Å². The molecule has 2 saturated heterocycles. The number of nitrogens with one attached hydrogen (secondary N) is 1. The second-order valence-electron chi connectivity index (χ2n) is 7.95. The highest BCUT2D eigenvalue weighted by Gasteiger charge is 2.36. The number of likely N-dealkylation sites (tertiary alicyclic amines) is 1. The Labute approximate surface area is 166 Å². The van der Waals surface area contributed by atoms with Gasteiger partial charge in [-0.1, -0.05) is 0 Å². The van der Waals surface area contributed by atoms with Gasteiger partial charge in [0.25, 0.3) is 0 Å². The Morgan fingerprint density at radius 3 is 2.89 bits per heavy atom. The molecule has 2 amide bonds. The molecule has 0 bridgehead atoms. The van der Waals surface area contributed by atoms with Gasteiger partial charge in [-0.2, -0.15) is 0 Å². The smallest absolute Gasteiger partial charge is 0.317 e. The van der Waals surface area contributed by atoms with Crippen LogP contribution in [0.25, 0.3) is 10.2 Å². The summed E-state index contributed by atoms with van der Waals surface area (Å²) in [4.78, 5) is 18.2. The normalized spacial score (nSPS) is 23.5. The Hall–Kier alpha value is -1.97. The Morgan fingerprint density at radius 2 is 2.21 bits per heavy atom. The fraction of sp³-hybridized carbons (Fsp3) is 0.579. The lowest BCUT2D eigenvalue weighted by atomic mass is 9.93. The van der Waals surface area contributed by atoms with Crippen LogP contribution in [0.2, 0.25) is 0 Å². The van der Waals surface area contributed by atoms with E-state index >= 15 is 0 Å². The Morgan fingerprint density at radius 1 is 1.43 bits per heavy atom. The maximum Gasteiger partial charge on any atom is 0.317 e. The van der Waals surface area contributed by atoms with Crippen LogP contribution in [0.1, 0.15) is 26.7 Å². The minimum Gasteiger partial charge on any atom is -0.485 e. The fourth-order valence-electron chi connectivity index (χ4n) is 3.54. The van der Waals surface area contributed by atoms with Gasteiger partial charge in [0.1, 0.15) is 17.7 Å². The quantitative estimate of drug-likeness (QED) is 0.811. The van der Waals surface area contributed by atoms with Crippen molar-refractivity contribution < 1.29 is 23.8 Å². The number of hydrogen-bond acceptors (Lipinski definition) is 6. The van der Waals surface area contributed by atoms with Crippen molar-refractivity contribution in [3.8, 4) is 5.75 Å². The maximum atomic E-state index is 13.7. The monoisotopic (exact) mass is 409 g/mol.